The van der Waals surface area contributed by atoms with E-state index in [4.69, 9.17) is 0 Å². The lowest BCUT2D eigenvalue weighted by Gasteiger charge is -2.43. The zero-order valence-electron chi connectivity index (χ0n) is 15.5. The van der Waals surface area contributed by atoms with Crippen LogP contribution in [0.4, 0.5) is 5.69 Å². The van der Waals surface area contributed by atoms with Crippen molar-refractivity contribution in [3.05, 3.63) is 65.2 Å². The third kappa shape index (κ3) is 2.51. The Hall–Kier alpha value is -2.29. The monoisotopic (exact) mass is 358 g/mol. The highest BCUT2D eigenvalue weighted by molar-refractivity contribution is 5.95. The molecule has 0 spiro atoms. The summed E-state index contributed by atoms with van der Waals surface area (Å²) in [5.41, 5.74) is 4.87. The number of fused-ring (bicyclic) bond motifs is 7. The molecular formula is C24H26N2O. The standard InChI is InChI=1S/C24H26N2O/c27-24(25-18-9-10-18)17-8-11-20-19(13-17)21-15-6-7-16(12-15)22(21)23(26-20)14-4-2-1-3-5-14/h1-5,8,11,13,15-16,18,21-23,26H,6-7,9-10,12H2,(H,25,27)/t15-,16+,21-,22-,23-/m0/s1. The highest BCUT2D eigenvalue weighted by Gasteiger charge is 2.53. The molecule has 2 bridgehead atoms. The Kier molecular flexibility index (Phi) is 3.41. The molecule has 1 heterocycles. The van der Waals surface area contributed by atoms with E-state index < -0.39 is 0 Å². The second-order valence-corrected chi connectivity index (χ2v) is 9.02. The largest absolute Gasteiger partial charge is 0.378 e. The van der Waals surface area contributed by atoms with Crippen LogP contribution in [0.25, 0.3) is 0 Å². The first-order valence-corrected chi connectivity index (χ1v) is 10.5. The number of amides is 1. The number of anilines is 1. The summed E-state index contributed by atoms with van der Waals surface area (Å²) in [6.07, 6.45) is 6.34. The summed E-state index contributed by atoms with van der Waals surface area (Å²) in [5.74, 6) is 2.95. The topological polar surface area (TPSA) is 41.1 Å². The Morgan fingerprint density at radius 3 is 2.59 bits per heavy atom. The van der Waals surface area contributed by atoms with Gasteiger partial charge in [-0.15, -0.1) is 0 Å². The van der Waals surface area contributed by atoms with E-state index in [-0.39, 0.29) is 5.91 Å². The summed E-state index contributed by atoms with van der Waals surface area (Å²) in [5, 5.41) is 7.00. The van der Waals surface area contributed by atoms with Gasteiger partial charge in [0.1, 0.15) is 0 Å². The molecule has 3 heteroatoms. The van der Waals surface area contributed by atoms with Crippen molar-refractivity contribution >= 4 is 11.6 Å². The van der Waals surface area contributed by atoms with Gasteiger partial charge in [-0.25, -0.2) is 0 Å². The highest BCUT2D eigenvalue weighted by atomic mass is 16.1. The number of rotatable bonds is 3. The van der Waals surface area contributed by atoms with Gasteiger partial charge >= 0.3 is 0 Å². The van der Waals surface area contributed by atoms with Crippen molar-refractivity contribution in [1.29, 1.82) is 0 Å². The zero-order chi connectivity index (χ0) is 18.0. The van der Waals surface area contributed by atoms with E-state index in [1.165, 1.54) is 36.1 Å². The van der Waals surface area contributed by atoms with Crippen LogP contribution in [0, 0.1) is 17.8 Å². The summed E-state index contributed by atoms with van der Waals surface area (Å²) in [7, 11) is 0. The van der Waals surface area contributed by atoms with Crippen molar-refractivity contribution in [2.24, 2.45) is 17.8 Å². The van der Waals surface area contributed by atoms with E-state index >= 15 is 0 Å². The van der Waals surface area contributed by atoms with Gasteiger partial charge in [0.25, 0.3) is 5.91 Å². The van der Waals surface area contributed by atoms with Gasteiger partial charge in [-0.05, 0) is 85.1 Å². The number of carbonyl (C=O) groups is 1. The van der Waals surface area contributed by atoms with Crippen LogP contribution in [0.3, 0.4) is 0 Å². The van der Waals surface area contributed by atoms with E-state index in [0.29, 0.717) is 23.9 Å². The van der Waals surface area contributed by atoms with Gasteiger partial charge in [-0.3, -0.25) is 4.79 Å². The molecular weight excluding hydrogens is 332 g/mol. The van der Waals surface area contributed by atoms with Crippen LogP contribution in [-0.2, 0) is 0 Å². The lowest BCUT2D eigenvalue weighted by Crippen LogP contribution is -2.35. The van der Waals surface area contributed by atoms with Crippen molar-refractivity contribution in [3.8, 4) is 0 Å². The van der Waals surface area contributed by atoms with Crippen molar-refractivity contribution in [2.45, 2.75) is 50.1 Å². The summed E-state index contributed by atoms with van der Waals surface area (Å²) < 4.78 is 0. The minimum absolute atomic E-state index is 0.102. The maximum absolute atomic E-state index is 12.6. The molecule has 5 atom stereocenters. The van der Waals surface area contributed by atoms with E-state index in [1.54, 1.807) is 0 Å². The lowest BCUT2D eigenvalue weighted by atomic mass is 9.68. The Labute approximate surface area is 160 Å². The van der Waals surface area contributed by atoms with Gasteiger partial charge in [0.15, 0.2) is 0 Å². The Bertz CT molecular complexity index is 889. The minimum atomic E-state index is 0.102. The van der Waals surface area contributed by atoms with E-state index in [0.717, 1.165) is 30.2 Å². The second-order valence-electron chi connectivity index (χ2n) is 9.02. The normalized spacial score (nSPS) is 33.1. The van der Waals surface area contributed by atoms with Gasteiger partial charge in [-0.2, -0.15) is 0 Å². The fraction of sp³-hybridized carbons (Fsp3) is 0.458. The Balaban J connectivity index is 1.40. The first-order valence-electron chi connectivity index (χ1n) is 10.5. The molecule has 4 aliphatic rings. The first-order chi connectivity index (χ1) is 13.3. The zero-order valence-corrected chi connectivity index (χ0v) is 15.5. The molecule has 0 radical (unpaired) electrons. The molecule has 3 fully saturated rings. The summed E-state index contributed by atoms with van der Waals surface area (Å²) in [4.78, 5) is 12.6. The molecule has 138 valence electrons. The minimum Gasteiger partial charge on any atom is -0.378 e. The Morgan fingerprint density at radius 1 is 0.963 bits per heavy atom. The molecule has 1 amide bonds. The predicted molar refractivity (Wildman–Crippen MR) is 107 cm³/mol. The van der Waals surface area contributed by atoms with Crippen LogP contribution in [0.5, 0.6) is 0 Å². The van der Waals surface area contributed by atoms with Gasteiger partial charge in [0, 0.05) is 17.3 Å². The van der Waals surface area contributed by atoms with Crippen LogP contribution in [0.15, 0.2) is 48.5 Å². The fourth-order valence-electron chi connectivity index (χ4n) is 6.11. The lowest BCUT2D eigenvalue weighted by molar-refractivity contribution is 0.0951. The molecule has 3 nitrogen and oxygen atoms in total. The van der Waals surface area contributed by atoms with Crippen molar-refractivity contribution in [1.82, 2.24) is 5.32 Å². The van der Waals surface area contributed by atoms with Gasteiger partial charge < -0.3 is 10.6 Å². The van der Waals surface area contributed by atoms with Crippen LogP contribution >= 0.6 is 0 Å². The second kappa shape index (κ2) is 5.85. The van der Waals surface area contributed by atoms with Gasteiger partial charge in [-0.1, -0.05) is 30.3 Å². The molecule has 0 saturated heterocycles. The number of hydrogen-bond acceptors (Lipinski definition) is 2. The van der Waals surface area contributed by atoms with E-state index in [9.17, 15) is 4.79 Å². The molecule has 1 aliphatic heterocycles. The molecule has 0 aromatic heterocycles. The predicted octanol–water partition coefficient (Wildman–Crippen LogP) is 4.88. The molecule has 3 saturated carbocycles. The molecule has 2 aromatic carbocycles. The van der Waals surface area contributed by atoms with Crippen LogP contribution in [0.1, 0.15) is 65.5 Å². The average molecular weight is 358 g/mol. The number of carbonyl (C=O) groups excluding carboxylic acids is 1. The summed E-state index contributed by atoms with van der Waals surface area (Å²) in [6, 6.07) is 18.1. The van der Waals surface area contributed by atoms with Crippen LogP contribution in [-0.4, -0.2) is 11.9 Å². The Morgan fingerprint density at radius 2 is 1.78 bits per heavy atom. The third-order valence-electron chi connectivity index (χ3n) is 7.42. The van der Waals surface area contributed by atoms with Crippen LogP contribution in [0.2, 0.25) is 0 Å². The van der Waals surface area contributed by atoms with Gasteiger partial charge in [0.05, 0.1) is 6.04 Å². The molecule has 6 rings (SSSR count). The first kappa shape index (κ1) is 15.7. The van der Waals surface area contributed by atoms with Crippen molar-refractivity contribution < 1.29 is 4.79 Å². The maximum atomic E-state index is 12.6. The number of hydrogen-bond donors (Lipinski definition) is 2. The average Bonchev–Trinajstić information content (AvgIpc) is 3.28. The number of benzene rings is 2. The quantitative estimate of drug-likeness (QED) is 0.821. The van der Waals surface area contributed by atoms with Gasteiger partial charge in [0.2, 0.25) is 0 Å². The SMILES string of the molecule is O=C(NC1CC1)c1ccc2c(c1)[C@@H]1[C@H]3CC[C@H](C3)[C@@H]1[C@H](c1ccccc1)N2. The van der Waals surface area contributed by atoms with Crippen LogP contribution < -0.4 is 10.6 Å². The van der Waals surface area contributed by atoms with Crippen molar-refractivity contribution in [3.63, 3.8) is 0 Å². The fourth-order valence-corrected chi connectivity index (χ4v) is 6.11. The molecule has 2 N–H and O–H groups in total. The molecule has 2 aromatic rings. The number of nitrogens with one attached hydrogen (secondary N) is 2. The van der Waals surface area contributed by atoms with Crippen molar-refractivity contribution in [2.75, 3.05) is 5.32 Å². The molecule has 3 aliphatic carbocycles. The van der Waals surface area contributed by atoms with E-state index in [2.05, 4.69) is 53.1 Å². The smallest absolute Gasteiger partial charge is 0.251 e. The molecule has 0 unspecified atom stereocenters. The summed E-state index contributed by atoms with van der Waals surface area (Å²) in [6.45, 7) is 0. The van der Waals surface area contributed by atoms with E-state index in [1.807, 2.05) is 6.07 Å². The highest BCUT2D eigenvalue weighted by Crippen LogP contribution is 2.63. The maximum Gasteiger partial charge on any atom is 0.251 e. The summed E-state index contributed by atoms with van der Waals surface area (Å²) >= 11 is 0. The molecule has 27 heavy (non-hydrogen) atoms. The third-order valence-corrected chi connectivity index (χ3v) is 7.42.